The summed E-state index contributed by atoms with van der Waals surface area (Å²) in [5.74, 6) is 0. The van der Waals surface area contributed by atoms with Crippen molar-refractivity contribution in [1.82, 2.24) is 0 Å². The summed E-state index contributed by atoms with van der Waals surface area (Å²) in [7, 11) is -3.77. The van der Waals surface area contributed by atoms with Crippen molar-refractivity contribution in [2.24, 2.45) is 0 Å². The van der Waals surface area contributed by atoms with Gasteiger partial charge in [-0.1, -0.05) is 183 Å². The fraction of sp³-hybridized carbons (Fsp3) is 1.00. The Balaban J connectivity index is 3.04. The van der Waals surface area contributed by atoms with E-state index < -0.39 is 7.60 Å². The van der Waals surface area contributed by atoms with Gasteiger partial charge in [-0.05, 0) is 12.8 Å². The molecule has 0 aliphatic carbocycles. The van der Waals surface area contributed by atoms with Crippen molar-refractivity contribution in [2.75, 3.05) is 11.5 Å². The lowest BCUT2D eigenvalue weighted by molar-refractivity contribution is 0.370. The smallest absolute Gasteiger partial charge is 0.324 e. The third kappa shape index (κ3) is 34.6. The fourth-order valence-electron chi connectivity index (χ4n) is 5.01. The van der Waals surface area contributed by atoms with Crippen molar-refractivity contribution in [2.45, 2.75) is 180 Å². The molecule has 0 rings (SSSR count). The number of hydrogen-bond acceptors (Lipinski definition) is 1. The molecule has 0 saturated carbocycles. The maximum Gasteiger partial charge on any atom is 0.325 e. The molecule has 212 valence electrons. The maximum atomic E-state index is 10.8. The van der Waals surface area contributed by atoms with Gasteiger partial charge in [0.15, 0.2) is 0 Å². The van der Waals surface area contributed by atoms with Crippen LogP contribution in [-0.2, 0) is 4.57 Å². The Kier molecular flexibility index (Phi) is 29.7. The zero-order valence-electron chi connectivity index (χ0n) is 23.3. The first-order chi connectivity index (χ1) is 17.1. The van der Waals surface area contributed by atoms with Crippen LogP contribution in [0.2, 0.25) is 0 Å². The monoisotopic (exact) mass is 580 g/mol. The first-order valence-corrected chi connectivity index (χ1v) is 18.6. The van der Waals surface area contributed by atoms with Gasteiger partial charge >= 0.3 is 7.60 Å². The number of alkyl halides is 1. The lowest BCUT2D eigenvalue weighted by atomic mass is 10.0. The highest BCUT2D eigenvalue weighted by Gasteiger charge is 2.10. The largest absolute Gasteiger partial charge is 0.325 e. The zero-order chi connectivity index (χ0) is 25.7. The van der Waals surface area contributed by atoms with Crippen molar-refractivity contribution in [1.29, 1.82) is 0 Å². The quantitative estimate of drug-likeness (QED) is 0.0504. The first kappa shape index (κ1) is 35.6. The lowest BCUT2D eigenvalue weighted by Gasteiger charge is -2.05. The minimum atomic E-state index is -3.77. The van der Waals surface area contributed by atoms with E-state index in [1.165, 1.54) is 166 Å². The van der Waals surface area contributed by atoms with E-state index in [-0.39, 0.29) is 6.16 Å². The van der Waals surface area contributed by atoms with Crippen molar-refractivity contribution in [3.8, 4) is 0 Å². The topological polar surface area (TPSA) is 57.5 Å². The van der Waals surface area contributed by atoms with Crippen LogP contribution in [-0.4, -0.2) is 21.3 Å². The Bertz CT molecular complexity index is 441. The molecule has 0 heterocycles. The molecule has 0 aromatic carbocycles. The van der Waals surface area contributed by atoms with Gasteiger partial charge in [-0.25, -0.2) is 0 Å². The summed E-state index contributed by atoms with van der Waals surface area (Å²) in [6, 6.07) is 0. The van der Waals surface area contributed by atoms with Crippen LogP contribution in [0.5, 0.6) is 0 Å². The average Bonchev–Trinajstić information content (AvgIpc) is 2.82. The molecule has 0 aliphatic rings. The van der Waals surface area contributed by atoms with Crippen molar-refractivity contribution in [3.05, 3.63) is 0 Å². The predicted octanol–water partition coefficient (Wildman–Crippen LogP) is 11.5. The summed E-state index contributed by atoms with van der Waals surface area (Å²) in [6.45, 7) is 0. The number of hydrogen-bond donors (Lipinski definition) is 2. The summed E-state index contributed by atoms with van der Waals surface area (Å²) in [6.07, 6.45) is 38.2. The lowest BCUT2D eigenvalue weighted by Crippen LogP contribution is -1.88. The summed E-state index contributed by atoms with van der Waals surface area (Å²) in [4.78, 5) is 17.7. The van der Waals surface area contributed by atoms with Gasteiger partial charge in [0, 0.05) is 11.5 Å². The highest BCUT2D eigenvalue weighted by atomic mass is 79.9. The van der Waals surface area contributed by atoms with Gasteiger partial charge in [-0.15, -0.1) is 0 Å². The van der Waals surface area contributed by atoms with E-state index in [2.05, 4.69) is 15.9 Å². The molecule has 3 nitrogen and oxygen atoms in total. The highest BCUT2D eigenvalue weighted by Crippen LogP contribution is 2.35. The van der Waals surface area contributed by atoms with Crippen LogP contribution < -0.4 is 0 Å². The van der Waals surface area contributed by atoms with Gasteiger partial charge in [0.2, 0.25) is 0 Å². The Morgan fingerprint density at radius 3 is 0.686 bits per heavy atom. The Hall–Kier alpha value is 0.630. The number of rotatable bonds is 30. The molecular formula is C30H62BrO3P. The second-order valence-electron chi connectivity index (χ2n) is 11.0. The van der Waals surface area contributed by atoms with E-state index in [4.69, 9.17) is 9.79 Å². The van der Waals surface area contributed by atoms with Gasteiger partial charge in [0.25, 0.3) is 0 Å². The zero-order valence-corrected chi connectivity index (χ0v) is 25.8. The molecule has 0 aromatic rings. The minimum Gasteiger partial charge on any atom is -0.324 e. The van der Waals surface area contributed by atoms with E-state index >= 15 is 0 Å². The number of unbranched alkanes of at least 4 members (excludes halogenated alkanes) is 27. The van der Waals surface area contributed by atoms with Crippen LogP contribution >= 0.6 is 23.5 Å². The second kappa shape index (κ2) is 29.2. The van der Waals surface area contributed by atoms with Crippen LogP contribution in [0.15, 0.2) is 0 Å². The van der Waals surface area contributed by atoms with Crippen molar-refractivity contribution >= 4 is 23.5 Å². The first-order valence-electron chi connectivity index (χ1n) is 15.7. The van der Waals surface area contributed by atoms with Crippen molar-refractivity contribution in [3.63, 3.8) is 0 Å². The standard InChI is InChI=1S/C30H62BrO3P/c31-29-27-25-23-21-19-17-15-13-11-9-7-5-3-1-2-4-6-8-10-12-14-16-18-20-22-24-26-28-30-35(32,33)34/h1-30H2,(H2,32,33,34). The molecule has 0 aromatic heterocycles. The van der Waals surface area contributed by atoms with Gasteiger partial charge in [-0.3, -0.25) is 4.57 Å². The number of halogens is 1. The summed E-state index contributed by atoms with van der Waals surface area (Å²) < 4.78 is 10.8. The van der Waals surface area contributed by atoms with Gasteiger partial charge in [0.1, 0.15) is 0 Å². The predicted molar refractivity (Wildman–Crippen MR) is 160 cm³/mol. The molecular weight excluding hydrogens is 519 g/mol. The van der Waals surface area contributed by atoms with Crippen molar-refractivity contribution < 1.29 is 14.4 Å². The second-order valence-corrected chi connectivity index (χ2v) is 13.5. The van der Waals surface area contributed by atoms with Crippen LogP contribution in [0.4, 0.5) is 0 Å². The summed E-state index contributed by atoms with van der Waals surface area (Å²) >= 11 is 3.51. The molecule has 0 amide bonds. The summed E-state index contributed by atoms with van der Waals surface area (Å²) in [5, 5.41) is 1.17. The summed E-state index contributed by atoms with van der Waals surface area (Å²) in [5.41, 5.74) is 0. The normalized spacial score (nSPS) is 12.0. The Morgan fingerprint density at radius 2 is 0.514 bits per heavy atom. The third-order valence-electron chi connectivity index (χ3n) is 7.33. The Morgan fingerprint density at radius 1 is 0.343 bits per heavy atom. The van der Waals surface area contributed by atoms with Crippen LogP contribution in [0, 0.1) is 0 Å². The van der Waals surface area contributed by atoms with Crippen LogP contribution in [0.25, 0.3) is 0 Å². The molecule has 0 saturated heterocycles. The molecule has 2 N–H and O–H groups in total. The van der Waals surface area contributed by atoms with E-state index in [9.17, 15) is 4.57 Å². The van der Waals surface area contributed by atoms with Gasteiger partial charge < -0.3 is 9.79 Å². The third-order valence-corrected chi connectivity index (χ3v) is 8.79. The molecule has 0 atom stereocenters. The molecule has 0 bridgehead atoms. The molecule has 5 heteroatoms. The highest BCUT2D eigenvalue weighted by molar-refractivity contribution is 9.09. The van der Waals surface area contributed by atoms with E-state index in [0.717, 1.165) is 12.8 Å². The van der Waals surface area contributed by atoms with E-state index in [1.807, 2.05) is 0 Å². The molecule has 0 fully saturated rings. The van der Waals surface area contributed by atoms with Crippen LogP contribution in [0.1, 0.15) is 180 Å². The van der Waals surface area contributed by atoms with E-state index in [1.54, 1.807) is 0 Å². The average molecular weight is 582 g/mol. The molecule has 35 heavy (non-hydrogen) atoms. The Labute approximate surface area is 228 Å². The van der Waals surface area contributed by atoms with E-state index in [0.29, 0.717) is 6.42 Å². The SMILES string of the molecule is O=P(O)(O)CCCCCCCCCCCCCCCCCCCCCCCCCCCCCCBr. The molecule has 0 unspecified atom stereocenters. The minimum absolute atomic E-state index is 0.0612. The van der Waals surface area contributed by atoms with Crippen LogP contribution in [0.3, 0.4) is 0 Å². The maximum absolute atomic E-state index is 10.8. The van der Waals surface area contributed by atoms with Gasteiger partial charge in [-0.2, -0.15) is 0 Å². The van der Waals surface area contributed by atoms with Gasteiger partial charge in [0.05, 0.1) is 0 Å². The molecule has 0 radical (unpaired) electrons. The molecule has 0 aliphatic heterocycles. The molecule has 0 spiro atoms. The fourth-order valence-corrected chi connectivity index (χ4v) is 6.04.